The third-order valence-electron chi connectivity index (χ3n) is 3.25. The highest BCUT2D eigenvalue weighted by molar-refractivity contribution is 5.85. The van der Waals surface area contributed by atoms with Gasteiger partial charge in [-0.1, -0.05) is 6.92 Å². The Hall–Kier alpha value is -1.30. The Morgan fingerprint density at radius 2 is 2.19 bits per heavy atom. The van der Waals surface area contributed by atoms with Gasteiger partial charge in [0.25, 0.3) is 0 Å². The molecule has 2 rings (SSSR count). The fourth-order valence-electron chi connectivity index (χ4n) is 2.01. The van der Waals surface area contributed by atoms with Crippen molar-refractivity contribution >= 4 is 5.78 Å². The lowest BCUT2D eigenvalue weighted by Crippen LogP contribution is -2.40. The molecule has 1 aliphatic rings. The van der Waals surface area contributed by atoms with E-state index in [-0.39, 0.29) is 11.2 Å². The van der Waals surface area contributed by atoms with E-state index in [2.05, 4.69) is 20.7 Å². The minimum Gasteiger partial charge on any atom is -0.317 e. The first kappa shape index (κ1) is 11.2. The second-order valence-electron chi connectivity index (χ2n) is 4.61. The van der Waals surface area contributed by atoms with Crippen molar-refractivity contribution in [3.05, 3.63) is 5.82 Å². The van der Waals surface area contributed by atoms with Crippen molar-refractivity contribution in [3.63, 3.8) is 0 Å². The molecule has 0 bridgehead atoms. The van der Waals surface area contributed by atoms with Crippen LogP contribution in [0.15, 0.2) is 0 Å². The average molecular weight is 223 g/mol. The zero-order valence-electron chi connectivity index (χ0n) is 9.73. The molecule has 1 aromatic heterocycles. The number of aromatic nitrogens is 4. The van der Waals surface area contributed by atoms with Gasteiger partial charge >= 0.3 is 0 Å². The maximum absolute atomic E-state index is 12.2. The molecule has 0 atom stereocenters. The number of carbonyl (C=O) groups is 1. The molecule has 2 heterocycles. The van der Waals surface area contributed by atoms with Crippen LogP contribution in [0, 0.1) is 5.41 Å². The van der Waals surface area contributed by atoms with Gasteiger partial charge in [-0.15, -0.1) is 10.2 Å². The number of hydrogen-bond acceptors (Lipinski definition) is 5. The van der Waals surface area contributed by atoms with Gasteiger partial charge in [-0.3, -0.25) is 4.79 Å². The van der Waals surface area contributed by atoms with E-state index >= 15 is 0 Å². The lowest BCUT2D eigenvalue weighted by atomic mass is 9.76. The van der Waals surface area contributed by atoms with Gasteiger partial charge in [-0.05, 0) is 31.1 Å². The summed E-state index contributed by atoms with van der Waals surface area (Å²) in [6.07, 6.45) is 2.09. The van der Waals surface area contributed by atoms with Crippen LogP contribution < -0.4 is 5.32 Å². The fourth-order valence-corrected chi connectivity index (χ4v) is 2.01. The number of hydrogen-bond donors (Lipinski definition) is 1. The number of ketones is 1. The molecule has 16 heavy (non-hydrogen) atoms. The summed E-state index contributed by atoms with van der Waals surface area (Å²) in [5.41, 5.74) is -0.218. The molecule has 0 unspecified atom stereocenters. The van der Waals surface area contributed by atoms with Gasteiger partial charge in [-0.25, -0.2) is 0 Å². The fraction of sp³-hybridized carbons (Fsp3) is 0.800. The summed E-state index contributed by atoms with van der Waals surface area (Å²) in [5.74, 6) is 0.745. The third-order valence-corrected chi connectivity index (χ3v) is 3.25. The molecule has 0 spiro atoms. The van der Waals surface area contributed by atoms with Gasteiger partial charge in [-0.2, -0.15) is 4.80 Å². The summed E-state index contributed by atoms with van der Waals surface area (Å²) in [5, 5.41) is 14.9. The summed E-state index contributed by atoms with van der Waals surface area (Å²) in [7, 11) is 1.70. The number of Topliss-reactive ketones (excluding diaryl/α,β-unsaturated/α-hetero) is 1. The number of carbonyl (C=O) groups excluding carboxylic acids is 1. The quantitative estimate of drug-likeness (QED) is 0.762. The average Bonchev–Trinajstić information content (AvgIpc) is 2.65. The van der Waals surface area contributed by atoms with Crippen LogP contribution in [-0.4, -0.2) is 39.1 Å². The zero-order valence-corrected chi connectivity index (χ0v) is 9.73. The van der Waals surface area contributed by atoms with Crippen LogP contribution in [0.4, 0.5) is 0 Å². The number of nitrogens with zero attached hydrogens (tertiary/aromatic N) is 4. The van der Waals surface area contributed by atoms with E-state index in [0.717, 1.165) is 25.9 Å². The van der Waals surface area contributed by atoms with E-state index in [1.54, 1.807) is 7.05 Å². The van der Waals surface area contributed by atoms with E-state index in [1.165, 1.54) is 4.80 Å². The topological polar surface area (TPSA) is 72.7 Å². The van der Waals surface area contributed by atoms with Crippen LogP contribution in [0.3, 0.4) is 0 Å². The van der Waals surface area contributed by atoms with Crippen molar-refractivity contribution in [1.82, 2.24) is 25.5 Å². The first-order chi connectivity index (χ1) is 7.60. The van der Waals surface area contributed by atoms with Crippen LogP contribution in [0.25, 0.3) is 0 Å². The van der Waals surface area contributed by atoms with Crippen molar-refractivity contribution in [3.8, 4) is 0 Å². The van der Waals surface area contributed by atoms with E-state index in [1.807, 2.05) is 6.92 Å². The molecule has 6 nitrogen and oxygen atoms in total. The molecule has 0 aliphatic carbocycles. The van der Waals surface area contributed by atoms with Gasteiger partial charge < -0.3 is 5.32 Å². The summed E-state index contributed by atoms with van der Waals surface area (Å²) < 4.78 is 0. The van der Waals surface area contributed by atoms with Crippen molar-refractivity contribution in [2.24, 2.45) is 12.5 Å². The molecule has 0 aromatic carbocycles. The first-order valence-corrected chi connectivity index (χ1v) is 5.57. The van der Waals surface area contributed by atoms with E-state index in [9.17, 15) is 4.79 Å². The lowest BCUT2D eigenvalue weighted by molar-refractivity contribution is -0.128. The van der Waals surface area contributed by atoms with Crippen LogP contribution >= 0.6 is 0 Å². The molecule has 0 radical (unpaired) electrons. The van der Waals surface area contributed by atoms with Crippen LogP contribution in [-0.2, 0) is 18.3 Å². The Balaban J connectivity index is 2.01. The SMILES string of the molecule is Cn1nnc(CC(=O)C2(C)CCNCC2)n1. The van der Waals surface area contributed by atoms with Crippen molar-refractivity contribution in [2.75, 3.05) is 13.1 Å². The summed E-state index contributed by atoms with van der Waals surface area (Å²) >= 11 is 0. The largest absolute Gasteiger partial charge is 0.317 e. The van der Waals surface area contributed by atoms with Gasteiger partial charge in [0.05, 0.1) is 13.5 Å². The van der Waals surface area contributed by atoms with E-state index in [0.29, 0.717) is 12.2 Å². The van der Waals surface area contributed by atoms with Crippen molar-refractivity contribution < 1.29 is 4.79 Å². The summed E-state index contributed by atoms with van der Waals surface area (Å²) in [6, 6.07) is 0. The molecule has 88 valence electrons. The highest BCUT2D eigenvalue weighted by Crippen LogP contribution is 2.29. The van der Waals surface area contributed by atoms with Crippen LogP contribution in [0.1, 0.15) is 25.6 Å². The predicted molar refractivity (Wildman–Crippen MR) is 57.7 cm³/mol. The number of tetrazole rings is 1. The Bertz CT molecular complexity index is 380. The summed E-state index contributed by atoms with van der Waals surface area (Å²) in [4.78, 5) is 13.5. The molecule has 0 amide bonds. The number of rotatable bonds is 3. The molecular formula is C10H17N5O. The monoisotopic (exact) mass is 223 g/mol. The Kier molecular flexibility index (Phi) is 3.00. The highest BCUT2D eigenvalue weighted by atomic mass is 16.1. The predicted octanol–water partition coefficient (Wildman–Crippen LogP) is -0.289. The Morgan fingerprint density at radius 1 is 1.50 bits per heavy atom. The van der Waals surface area contributed by atoms with E-state index in [4.69, 9.17) is 0 Å². The molecule has 1 N–H and O–H groups in total. The Labute approximate surface area is 94.4 Å². The Morgan fingerprint density at radius 3 is 2.75 bits per heavy atom. The van der Waals surface area contributed by atoms with Gasteiger partial charge in [0.2, 0.25) is 0 Å². The molecule has 1 aromatic rings. The standard InChI is InChI=1S/C10H17N5O/c1-10(3-5-11-6-4-10)8(16)7-9-12-14-15(2)13-9/h11H,3-7H2,1-2H3. The normalized spacial score (nSPS) is 19.6. The smallest absolute Gasteiger partial charge is 0.182 e. The van der Waals surface area contributed by atoms with Crippen molar-refractivity contribution in [2.45, 2.75) is 26.2 Å². The van der Waals surface area contributed by atoms with Crippen LogP contribution in [0.5, 0.6) is 0 Å². The minimum absolute atomic E-state index is 0.218. The minimum atomic E-state index is -0.218. The second kappa shape index (κ2) is 4.29. The van der Waals surface area contributed by atoms with Crippen LogP contribution in [0.2, 0.25) is 0 Å². The van der Waals surface area contributed by atoms with Gasteiger partial charge in [0.15, 0.2) is 5.82 Å². The number of nitrogens with one attached hydrogen (secondary N) is 1. The molecule has 6 heteroatoms. The molecule has 1 saturated heterocycles. The third kappa shape index (κ3) is 2.27. The highest BCUT2D eigenvalue weighted by Gasteiger charge is 2.34. The molecule has 1 fully saturated rings. The summed E-state index contributed by atoms with van der Waals surface area (Å²) in [6.45, 7) is 3.86. The van der Waals surface area contributed by atoms with Crippen molar-refractivity contribution in [1.29, 1.82) is 0 Å². The lowest BCUT2D eigenvalue weighted by Gasteiger charge is -2.32. The van der Waals surface area contributed by atoms with E-state index < -0.39 is 0 Å². The first-order valence-electron chi connectivity index (χ1n) is 5.57. The maximum atomic E-state index is 12.2. The number of aryl methyl sites for hydroxylation is 1. The molecule has 1 aliphatic heterocycles. The molecular weight excluding hydrogens is 206 g/mol. The number of piperidine rings is 1. The maximum Gasteiger partial charge on any atom is 0.182 e. The second-order valence-corrected chi connectivity index (χ2v) is 4.61. The van der Waals surface area contributed by atoms with Gasteiger partial charge in [0.1, 0.15) is 5.78 Å². The van der Waals surface area contributed by atoms with Gasteiger partial charge in [0, 0.05) is 5.41 Å². The molecule has 0 saturated carbocycles. The zero-order chi connectivity index (χ0) is 11.6.